The molecule has 2 nitrogen and oxygen atoms in total. The standard InChI is InChI=1S/C13H6BrF4NO.2C2H6/c14-7-1-4-11(19-6-7)13(17,18)12(20)9-3-2-8(15)5-10(9)16;2*1-2/h1-6H;2*1-2H3. The lowest BCUT2D eigenvalue weighted by molar-refractivity contribution is 0.00425. The van der Waals surface area contributed by atoms with Gasteiger partial charge in [0, 0.05) is 16.7 Å². The molecule has 2 rings (SSSR count). The highest BCUT2D eigenvalue weighted by atomic mass is 79.9. The summed E-state index contributed by atoms with van der Waals surface area (Å²) in [5, 5.41) is 0. The number of hydrogen-bond donors (Lipinski definition) is 0. The van der Waals surface area contributed by atoms with E-state index >= 15 is 0 Å². The van der Waals surface area contributed by atoms with Gasteiger partial charge in [0.25, 0.3) is 0 Å². The van der Waals surface area contributed by atoms with E-state index in [1.54, 1.807) is 0 Å². The van der Waals surface area contributed by atoms with Crippen molar-refractivity contribution in [3.8, 4) is 0 Å². The van der Waals surface area contributed by atoms with Gasteiger partial charge in [0.1, 0.15) is 17.3 Å². The van der Waals surface area contributed by atoms with E-state index in [0.717, 1.165) is 18.3 Å². The van der Waals surface area contributed by atoms with E-state index in [2.05, 4.69) is 20.9 Å². The highest BCUT2D eigenvalue weighted by Gasteiger charge is 2.43. The Balaban J connectivity index is 0.00000123. The van der Waals surface area contributed by atoms with Gasteiger partial charge >= 0.3 is 5.92 Å². The molecule has 1 aromatic carbocycles. The maximum atomic E-state index is 14.0. The third-order valence-corrected chi connectivity index (χ3v) is 2.98. The molecular formula is C17H18BrF4NO. The van der Waals surface area contributed by atoms with Gasteiger partial charge in [-0.1, -0.05) is 27.7 Å². The minimum atomic E-state index is -4.00. The van der Waals surface area contributed by atoms with Crippen molar-refractivity contribution >= 4 is 21.7 Å². The monoisotopic (exact) mass is 407 g/mol. The second-order valence-corrected chi connectivity index (χ2v) is 4.81. The number of hydrogen-bond acceptors (Lipinski definition) is 2. The summed E-state index contributed by atoms with van der Waals surface area (Å²) in [6.07, 6.45) is 1.09. The van der Waals surface area contributed by atoms with Gasteiger partial charge in [0.05, 0.1) is 5.56 Å². The molecule has 2 aromatic rings. The Bertz CT molecular complexity index is 660. The van der Waals surface area contributed by atoms with Gasteiger partial charge < -0.3 is 0 Å². The topological polar surface area (TPSA) is 30.0 Å². The molecule has 0 saturated carbocycles. The number of pyridine rings is 1. The van der Waals surface area contributed by atoms with Crippen LogP contribution in [0.1, 0.15) is 43.7 Å². The summed E-state index contributed by atoms with van der Waals surface area (Å²) in [4.78, 5) is 15.1. The molecule has 7 heteroatoms. The van der Waals surface area contributed by atoms with Gasteiger partial charge in [-0.05, 0) is 40.2 Å². The lowest BCUT2D eigenvalue weighted by Gasteiger charge is -2.14. The fourth-order valence-electron chi connectivity index (χ4n) is 1.52. The molecule has 1 heterocycles. The smallest absolute Gasteiger partial charge is 0.287 e. The average molecular weight is 408 g/mol. The number of nitrogens with zero attached hydrogens (tertiary/aromatic N) is 1. The first-order valence-electron chi connectivity index (χ1n) is 7.32. The quantitative estimate of drug-likeness (QED) is 0.451. The summed E-state index contributed by atoms with van der Waals surface area (Å²) in [5.74, 6) is -8.07. The van der Waals surface area contributed by atoms with Gasteiger partial charge in [-0.3, -0.25) is 9.78 Å². The lowest BCUT2D eigenvalue weighted by atomic mass is 10.0. The van der Waals surface area contributed by atoms with Crippen LogP contribution in [0.25, 0.3) is 0 Å². The van der Waals surface area contributed by atoms with Crippen LogP contribution in [-0.2, 0) is 5.92 Å². The largest absolute Gasteiger partial charge is 0.351 e. The number of ketones is 1. The van der Waals surface area contributed by atoms with Gasteiger partial charge in [0.2, 0.25) is 5.78 Å². The van der Waals surface area contributed by atoms with Gasteiger partial charge in [-0.2, -0.15) is 8.78 Å². The van der Waals surface area contributed by atoms with Crippen LogP contribution < -0.4 is 0 Å². The van der Waals surface area contributed by atoms with Crippen molar-refractivity contribution in [3.05, 3.63) is 63.9 Å². The predicted octanol–water partition coefficient (Wildman–Crippen LogP) is 6.15. The number of benzene rings is 1. The van der Waals surface area contributed by atoms with E-state index in [-0.39, 0.29) is 0 Å². The Morgan fingerprint density at radius 1 is 1.04 bits per heavy atom. The number of rotatable bonds is 3. The first-order valence-corrected chi connectivity index (χ1v) is 8.11. The summed E-state index contributed by atoms with van der Waals surface area (Å²) in [6.45, 7) is 8.00. The maximum absolute atomic E-state index is 14.0. The highest BCUT2D eigenvalue weighted by molar-refractivity contribution is 9.10. The Hall–Kier alpha value is -1.76. The second-order valence-electron chi connectivity index (χ2n) is 3.89. The van der Waals surface area contributed by atoms with Crippen molar-refractivity contribution in [2.45, 2.75) is 33.6 Å². The summed E-state index contributed by atoms with van der Waals surface area (Å²) < 4.78 is 54.5. The van der Waals surface area contributed by atoms with E-state index in [0.29, 0.717) is 16.6 Å². The zero-order valence-corrected chi connectivity index (χ0v) is 15.3. The third kappa shape index (κ3) is 5.40. The van der Waals surface area contributed by atoms with E-state index in [1.165, 1.54) is 6.07 Å². The maximum Gasteiger partial charge on any atom is 0.351 e. The second kappa shape index (κ2) is 10.2. The van der Waals surface area contributed by atoms with Crippen LogP contribution >= 0.6 is 15.9 Å². The molecule has 0 amide bonds. The number of aromatic nitrogens is 1. The number of halogens is 5. The van der Waals surface area contributed by atoms with Crippen LogP contribution in [0.4, 0.5) is 17.6 Å². The third-order valence-electron chi connectivity index (χ3n) is 2.51. The molecule has 0 saturated heterocycles. The molecule has 0 aliphatic carbocycles. The minimum absolute atomic E-state index is 0.373. The molecule has 0 unspecified atom stereocenters. The van der Waals surface area contributed by atoms with Gasteiger partial charge in [0.15, 0.2) is 0 Å². The Kier molecular flexibility index (Phi) is 9.43. The molecule has 0 spiro atoms. The van der Waals surface area contributed by atoms with Crippen molar-refractivity contribution in [3.63, 3.8) is 0 Å². The Morgan fingerprint density at radius 2 is 1.62 bits per heavy atom. The number of Topliss-reactive ketones (excluding diaryl/α,β-unsaturated/α-hetero) is 1. The summed E-state index contributed by atoms with van der Waals surface area (Å²) in [7, 11) is 0. The fourth-order valence-corrected chi connectivity index (χ4v) is 1.76. The lowest BCUT2D eigenvalue weighted by Crippen LogP contribution is -2.28. The van der Waals surface area contributed by atoms with Crippen LogP contribution in [0.5, 0.6) is 0 Å². The van der Waals surface area contributed by atoms with Crippen LogP contribution in [0, 0.1) is 11.6 Å². The molecule has 0 aliphatic rings. The minimum Gasteiger partial charge on any atom is -0.287 e. The predicted molar refractivity (Wildman–Crippen MR) is 89.2 cm³/mol. The molecular weight excluding hydrogens is 390 g/mol. The Labute approximate surface area is 147 Å². The van der Waals surface area contributed by atoms with Gasteiger partial charge in [-0.15, -0.1) is 0 Å². The molecule has 0 aliphatic heterocycles. The zero-order valence-electron chi connectivity index (χ0n) is 13.7. The average Bonchev–Trinajstić information content (AvgIpc) is 2.58. The molecule has 0 radical (unpaired) electrons. The molecule has 0 N–H and O–H groups in total. The molecule has 24 heavy (non-hydrogen) atoms. The Morgan fingerprint density at radius 3 is 2.08 bits per heavy atom. The van der Waals surface area contributed by atoms with Crippen molar-refractivity contribution in [1.29, 1.82) is 0 Å². The first-order chi connectivity index (χ1) is 11.3. The van der Waals surface area contributed by atoms with Crippen molar-refractivity contribution in [2.24, 2.45) is 0 Å². The van der Waals surface area contributed by atoms with Crippen LogP contribution in [-0.4, -0.2) is 10.8 Å². The number of alkyl halides is 2. The van der Waals surface area contributed by atoms with Crippen LogP contribution in [0.15, 0.2) is 41.0 Å². The SMILES string of the molecule is CC.CC.O=C(c1ccc(F)cc1F)C(F)(F)c1ccc(Br)cn1. The van der Waals surface area contributed by atoms with E-state index < -0.39 is 34.6 Å². The molecule has 1 aromatic heterocycles. The summed E-state index contributed by atoms with van der Waals surface area (Å²) in [6, 6.07) is 4.02. The van der Waals surface area contributed by atoms with Crippen molar-refractivity contribution in [1.82, 2.24) is 4.98 Å². The molecule has 0 atom stereocenters. The normalized spacial score (nSPS) is 10.0. The van der Waals surface area contributed by atoms with E-state index in [4.69, 9.17) is 0 Å². The van der Waals surface area contributed by atoms with E-state index in [9.17, 15) is 22.4 Å². The fraction of sp³-hybridized carbons (Fsp3) is 0.294. The number of carbonyl (C=O) groups excluding carboxylic acids is 1. The summed E-state index contributed by atoms with van der Waals surface area (Å²) in [5.41, 5.74) is -1.70. The van der Waals surface area contributed by atoms with Crippen molar-refractivity contribution < 1.29 is 22.4 Å². The molecule has 0 fully saturated rings. The van der Waals surface area contributed by atoms with Crippen LogP contribution in [0.2, 0.25) is 0 Å². The number of carbonyl (C=O) groups is 1. The van der Waals surface area contributed by atoms with Crippen LogP contribution in [0.3, 0.4) is 0 Å². The first kappa shape index (κ1) is 22.2. The van der Waals surface area contributed by atoms with Gasteiger partial charge in [-0.25, -0.2) is 8.78 Å². The zero-order chi connectivity index (χ0) is 18.9. The van der Waals surface area contributed by atoms with E-state index in [1.807, 2.05) is 27.7 Å². The molecule has 132 valence electrons. The molecule has 0 bridgehead atoms. The summed E-state index contributed by atoms with van der Waals surface area (Å²) >= 11 is 3.02. The van der Waals surface area contributed by atoms with Crippen molar-refractivity contribution in [2.75, 3.05) is 0 Å². The highest BCUT2D eigenvalue weighted by Crippen LogP contribution is 2.32.